The summed E-state index contributed by atoms with van der Waals surface area (Å²) in [6.45, 7) is 7.15. The highest BCUT2D eigenvalue weighted by Crippen LogP contribution is 2.26. The van der Waals surface area contributed by atoms with Gasteiger partial charge in [-0.1, -0.05) is 31.0 Å². The van der Waals surface area contributed by atoms with Crippen LogP contribution in [0.25, 0.3) is 0 Å². The lowest BCUT2D eigenvalue weighted by atomic mass is 9.90. The molecule has 6 heteroatoms. The van der Waals surface area contributed by atoms with Gasteiger partial charge in [-0.3, -0.25) is 9.69 Å². The number of aromatic nitrogens is 2. The molecule has 1 aliphatic heterocycles. The number of benzene rings is 1. The first-order valence-electron chi connectivity index (χ1n) is 12.1. The van der Waals surface area contributed by atoms with E-state index in [1.807, 2.05) is 6.07 Å². The largest absolute Gasteiger partial charge is 0.491 e. The molecule has 1 amide bonds. The standard InChI is InChI=1S/C26H36N4O2/c1-19(2)32-25-10-6-3-7-21(25)17-30-13-11-20(12-14-30)15-24-23(16-27-18-28-24)26(31)29-22-8-4-5-9-22/h3,6-7,10,16,18-20,22H,4-5,8-9,11-15,17H2,1-2H3,(H,29,31). The van der Waals surface area contributed by atoms with Gasteiger partial charge in [0.1, 0.15) is 12.1 Å². The Balaban J connectivity index is 1.32. The number of para-hydroxylation sites is 1. The lowest BCUT2D eigenvalue weighted by Gasteiger charge is -2.32. The van der Waals surface area contributed by atoms with Crippen LogP contribution in [0.4, 0.5) is 0 Å². The van der Waals surface area contributed by atoms with Crippen molar-refractivity contribution < 1.29 is 9.53 Å². The van der Waals surface area contributed by atoms with E-state index in [-0.39, 0.29) is 12.0 Å². The van der Waals surface area contributed by atoms with Crippen molar-refractivity contribution in [2.75, 3.05) is 13.1 Å². The predicted octanol–water partition coefficient (Wildman–Crippen LogP) is 4.39. The average molecular weight is 437 g/mol. The molecule has 1 N–H and O–H groups in total. The second-order valence-corrected chi connectivity index (χ2v) is 9.54. The molecule has 1 saturated carbocycles. The van der Waals surface area contributed by atoms with Gasteiger partial charge in [-0.15, -0.1) is 0 Å². The van der Waals surface area contributed by atoms with E-state index in [1.54, 1.807) is 12.5 Å². The fraction of sp³-hybridized carbons (Fsp3) is 0.577. The van der Waals surface area contributed by atoms with Crippen molar-refractivity contribution in [1.82, 2.24) is 20.2 Å². The number of carbonyl (C=O) groups excluding carboxylic acids is 1. The van der Waals surface area contributed by atoms with Gasteiger partial charge >= 0.3 is 0 Å². The Morgan fingerprint density at radius 3 is 2.66 bits per heavy atom. The third-order valence-corrected chi connectivity index (χ3v) is 6.65. The quantitative estimate of drug-likeness (QED) is 0.665. The third-order valence-electron chi connectivity index (χ3n) is 6.65. The van der Waals surface area contributed by atoms with Gasteiger partial charge in [-0.05, 0) is 71.0 Å². The Kier molecular flexibility index (Phi) is 7.74. The van der Waals surface area contributed by atoms with E-state index < -0.39 is 0 Å². The number of nitrogens with one attached hydrogen (secondary N) is 1. The summed E-state index contributed by atoms with van der Waals surface area (Å²) in [4.78, 5) is 23.9. The van der Waals surface area contributed by atoms with Gasteiger partial charge in [-0.25, -0.2) is 9.97 Å². The number of nitrogens with zero attached hydrogens (tertiary/aromatic N) is 3. The minimum absolute atomic E-state index is 0.00769. The Morgan fingerprint density at radius 2 is 1.91 bits per heavy atom. The highest BCUT2D eigenvalue weighted by molar-refractivity contribution is 5.95. The SMILES string of the molecule is CC(C)Oc1ccccc1CN1CCC(Cc2ncncc2C(=O)NC2CCCC2)CC1. The van der Waals surface area contributed by atoms with Gasteiger partial charge in [0.25, 0.3) is 5.91 Å². The van der Waals surface area contributed by atoms with Crippen molar-refractivity contribution in [3.63, 3.8) is 0 Å². The van der Waals surface area contributed by atoms with Gasteiger partial charge < -0.3 is 10.1 Å². The fourth-order valence-electron chi connectivity index (χ4n) is 4.91. The van der Waals surface area contributed by atoms with Crippen LogP contribution in [-0.4, -0.2) is 46.0 Å². The highest BCUT2D eigenvalue weighted by Gasteiger charge is 2.24. The molecule has 0 unspecified atom stereocenters. The van der Waals surface area contributed by atoms with Crippen LogP contribution in [0.3, 0.4) is 0 Å². The summed E-state index contributed by atoms with van der Waals surface area (Å²) in [6.07, 6.45) is 11.1. The van der Waals surface area contributed by atoms with E-state index in [9.17, 15) is 4.79 Å². The summed E-state index contributed by atoms with van der Waals surface area (Å²) in [5, 5.41) is 3.19. The van der Waals surface area contributed by atoms with E-state index in [0.29, 0.717) is 17.5 Å². The van der Waals surface area contributed by atoms with Gasteiger partial charge in [0.2, 0.25) is 0 Å². The zero-order chi connectivity index (χ0) is 22.3. The second kappa shape index (κ2) is 10.9. The molecule has 2 aromatic rings. The minimum atomic E-state index is -0.00769. The second-order valence-electron chi connectivity index (χ2n) is 9.54. The molecular weight excluding hydrogens is 400 g/mol. The first-order valence-corrected chi connectivity index (χ1v) is 12.1. The topological polar surface area (TPSA) is 67.3 Å². The van der Waals surface area contributed by atoms with Gasteiger partial charge in [0.15, 0.2) is 0 Å². The summed E-state index contributed by atoms with van der Waals surface area (Å²) >= 11 is 0. The lowest BCUT2D eigenvalue weighted by molar-refractivity contribution is 0.0935. The fourth-order valence-corrected chi connectivity index (χ4v) is 4.91. The molecule has 0 atom stereocenters. The number of rotatable bonds is 8. The zero-order valence-corrected chi connectivity index (χ0v) is 19.4. The molecule has 0 spiro atoms. The molecule has 2 fully saturated rings. The molecule has 2 heterocycles. The Hall–Kier alpha value is -2.47. The molecule has 1 saturated heterocycles. The van der Waals surface area contributed by atoms with Crippen LogP contribution < -0.4 is 10.1 Å². The number of hydrogen-bond acceptors (Lipinski definition) is 5. The molecule has 1 aromatic carbocycles. The van der Waals surface area contributed by atoms with Crippen LogP contribution in [0.5, 0.6) is 5.75 Å². The average Bonchev–Trinajstić information content (AvgIpc) is 3.29. The van der Waals surface area contributed by atoms with Crippen LogP contribution in [0, 0.1) is 5.92 Å². The van der Waals surface area contributed by atoms with Crippen molar-refractivity contribution in [2.45, 2.75) is 77.5 Å². The Labute approximate surface area is 191 Å². The molecule has 0 bridgehead atoms. The molecule has 2 aliphatic rings. The number of likely N-dealkylation sites (tertiary alicyclic amines) is 1. The smallest absolute Gasteiger partial charge is 0.254 e. The lowest BCUT2D eigenvalue weighted by Crippen LogP contribution is -2.35. The first kappa shape index (κ1) is 22.7. The number of amides is 1. The van der Waals surface area contributed by atoms with E-state index in [1.165, 1.54) is 18.4 Å². The minimum Gasteiger partial charge on any atom is -0.491 e. The van der Waals surface area contributed by atoms with Crippen molar-refractivity contribution in [2.24, 2.45) is 5.92 Å². The van der Waals surface area contributed by atoms with Crippen LogP contribution in [0.1, 0.15) is 74.0 Å². The summed E-state index contributed by atoms with van der Waals surface area (Å²) in [5.41, 5.74) is 2.80. The van der Waals surface area contributed by atoms with Crippen LogP contribution in [-0.2, 0) is 13.0 Å². The van der Waals surface area contributed by atoms with E-state index >= 15 is 0 Å². The maximum absolute atomic E-state index is 12.8. The molecule has 6 nitrogen and oxygen atoms in total. The van der Waals surface area contributed by atoms with Crippen LogP contribution in [0.15, 0.2) is 36.8 Å². The first-order chi connectivity index (χ1) is 15.6. The normalized spacial score (nSPS) is 18.2. The monoisotopic (exact) mass is 436 g/mol. The summed E-state index contributed by atoms with van der Waals surface area (Å²) in [7, 11) is 0. The molecule has 1 aliphatic carbocycles. The van der Waals surface area contributed by atoms with E-state index in [0.717, 1.165) is 63.2 Å². The van der Waals surface area contributed by atoms with Crippen LogP contribution >= 0.6 is 0 Å². The molecule has 172 valence electrons. The van der Waals surface area contributed by atoms with Crippen molar-refractivity contribution in [3.05, 3.63) is 53.6 Å². The number of carbonyl (C=O) groups is 1. The Morgan fingerprint density at radius 1 is 1.16 bits per heavy atom. The van der Waals surface area contributed by atoms with Crippen LogP contribution in [0.2, 0.25) is 0 Å². The van der Waals surface area contributed by atoms with Crippen molar-refractivity contribution in [3.8, 4) is 5.75 Å². The highest BCUT2D eigenvalue weighted by atomic mass is 16.5. The molecular formula is C26H36N4O2. The van der Waals surface area contributed by atoms with Gasteiger partial charge in [-0.2, -0.15) is 0 Å². The predicted molar refractivity (Wildman–Crippen MR) is 126 cm³/mol. The molecule has 4 rings (SSSR count). The zero-order valence-electron chi connectivity index (χ0n) is 19.4. The Bertz CT molecular complexity index is 887. The molecule has 0 radical (unpaired) electrons. The maximum atomic E-state index is 12.8. The summed E-state index contributed by atoms with van der Waals surface area (Å²) in [6, 6.07) is 8.66. The van der Waals surface area contributed by atoms with Gasteiger partial charge in [0.05, 0.1) is 17.4 Å². The molecule has 32 heavy (non-hydrogen) atoms. The number of ether oxygens (including phenoxy) is 1. The van der Waals surface area contributed by atoms with E-state index in [2.05, 4.69) is 52.2 Å². The van der Waals surface area contributed by atoms with Gasteiger partial charge in [0, 0.05) is 24.3 Å². The van der Waals surface area contributed by atoms with Crippen molar-refractivity contribution >= 4 is 5.91 Å². The molecule has 1 aromatic heterocycles. The summed E-state index contributed by atoms with van der Waals surface area (Å²) in [5.74, 6) is 1.52. The maximum Gasteiger partial charge on any atom is 0.254 e. The number of piperidine rings is 1. The number of hydrogen-bond donors (Lipinski definition) is 1. The van der Waals surface area contributed by atoms with E-state index in [4.69, 9.17) is 4.74 Å². The van der Waals surface area contributed by atoms with Crippen molar-refractivity contribution in [1.29, 1.82) is 0 Å². The summed E-state index contributed by atoms with van der Waals surface area (Å²) < 4.78 is 5.99. The third kappa shape index (κ3) is 6.06.